The molecule has 0 atom stereocenters. The maximum absolute atomic E-state index is 11.9. The molecule has 0 aliphatic carbocycles. The van der Waals surface area contributed by atoms with Crippen molar-refractivity contribution in [3.05, 3.63) is 71.3 Å². The molecule has 2 rings (SSSR count). The highest BCUT2D eigenvalue weighted by Gasteiger charge is 2.05. The summed E-state index contributed by atoms with van der Waals surface area (Å²) in [6.07, 6.45) is 0. The van der Waals surface area contributed by atoms with E-state index in [1.165, 1.54) is 0 Å². The lowest BCUT2D eigenvalue weighted by atomic mass is 10.1. The molecule has 0 aliphatic rings. The number of carbonyl (C=O) groups excluding carboxylic acids is 1. The fourth-order valence-electron chi connectivity index (χ4n) is 1.69. The molecule has 2 aromatic rings. The summed E-state index contributed by atoms with van der Waals surface area (Å²) in [5, 5.41) is 2.57. The molecule has 20 heavy (non-hydrogen) atoms. The number of benzene rings is 2. The molecule has 4 heteroatoms. The van der Waals surface area contributed by atoms with Crippen molar-refractivity contribution >= 4 is 11.9 Å². The number of carbonyl (C=O) groups is 1. The number of nitrogens with two attached hydrogens (primary N) is 1. The van der Waals surface area contributed by atoms with E-state index in [9.17, 15) is 4.79 Å². The SMILES string of the molecule is Cc1ccc(C(=O)NC(N)=NCc2ccccc2)cc1. The minimum atomic E-state index is -0.251. The van der Waals surface area contributed by atoms with Gasteiger partial charge in [-0.3, -0.25) is 10.1 Å². The average molecular weight is 267 g/mol. The maximum atomic E-state index is 11.9. The highest BCUT2D eigenvalue weighted by molar-refractivity contribution is 6.05. The van der Waals surface area contributed by atoms with Crippen molar-refractivity contribution in [2.75, 3.05) is 0 Å². The number of nitrogens with zero attached hydrogens (tertiary/aromatic N) is 1. The predicted molar refractivity (Wildman–Crippen MR) is 80.4 cm³/mol. The topological polar surface area (TPSA) is 67.5 Å². The number of aliphatic imine (C=N–C) groups is 1. The van der Waals surface area contributed by atoms with E-state index >= 15 is 0 Å². The van der Waals surface area contributed by atoms with Gasteiger partial charge < -0.3 is 5.73 Å². The Kier molecular flexibility index (Phi) is 4.50. The van der Waals surface area contributed by atoms with Crippen molar-refractivity contribution in [3.63, 3.8) is 0 Å². The van der Waals surface area contributed by atoms with Gasteiger partial charge in [-0.1, -0.05) is 48.0 Å². The number of nitrogens with one attached hydrogen (secondary N) is 1. The van der Waals surface area contributed by atoms with Crippen LogP contribution in [0, 0.1) is 6.92 Å². The molecule has 0 saturated heterocycles. The summed E-state index contributed by atoms with van der Waals surface area (Å²) in [4.78, 5) is 16.0. The fraction of sp³-hybridized carbons (Fsp3) is 0.125. The summed E-state index contributed by atoms with van der Waals surface area (Å²) >= 11 is 0. The molecule has 0 unspecified atom stereocenters. The first-order chi connectivity index (χ1) is 9.65. The molecule has 0 radical (unpaired) electrons. The lowest BCUT2D eigenvalue weighted by molar-refractivity contribution is 0.0976. The van der Waals surface area contributed by atoms with Crippen LogP contribution in [0.4, 0.5) is 0 Å². The van der Waals surface area contributed by atoms with E-state index in [1.807, 2.05) is 49.4 Å². The zero-order valence-corrected chi connectivity index (χ0v) is 11.3. The Hall–Kier alpha value is -2.62. The van der Waals surface area contributed by atoms with Gasteiger partial charge in [0, 0.05) is 5.56 Å². The predicted octanol–water partition coefficient (Wildman–Crippen LogP) is 2.24. The van der Waals surface area contributed by atoms with E-state index in [4.69, 9.17) is 5.73 Å². The third kappa shape index (κ3) is 3.95. The van der Waals surface area contributed by atoms with Gasteiger partial charge in [0.2, 0.25) is 0 Å². The standard InChI is InChI=1S/C16H17N3O/c1-12-7-9-14(10-8-12)15(20)19-16(17)18-11-13-5-3-2-4-6-13/h2-10H,11H2,1H3,(H3,17,18,19,20). The first kappa shape index (κ1) is 13.8. The van der Waals surface area contributed by atoms with Crippen molar-refractivity contribution in [1.82, 2.24) is 5.32 Å². The summed E-state index contributed by atoms with van der Waals surface area (Å²) in [6.45, 7) is 2.41. The van der Waals surface area contributed by atoms with Crippen LogP contribution in [0.25, 0.3) is 0 Å². The molecule has 0 spiro atoms. The van der Waals surface area contributed by atoms with Crippen LogP contribution in [-0.4, -0.2) is 11.9 Å². The van der Waals surface area contributed by atoms with Crippen LogP contribution in [0.1, 0.15) is 21.5 Å². The van der Waals surface area contributed by atoms with E-state index < -0.39 is 0 Å². The van der Waals surface area contributed by atoms with Crippen LogP contribution in [0.5, 0.6) is 0 Å². The Morgan fingerprint density at radius 2 is 1.75 bits per heavy atom. The number of aryl methyl sites for hydroxylation is 1. The fourth-order valence-corrected chi connectivity index (χ4v) is 1.69. The number of hydrogen-bond acceptors (Lipinski definition) is 2. The van der Waals surface area contributed by atoms with Gasteiger partial charge in [-0.15, -0.1) is 0 Å². The van der Waals surface area contributed by atoms with Gasteiger partial charge in [0.25, 0.3) is 5.91 Å². The lowest BCUT2D eigenvalue weighted by Crippen LogP contribution is -2.36. The molecule has 0 fully saturated rings. The van der Waals surface area contributed by atoms with Crippen LogP contribution in [-0.2, 0) is 6.54 Å². The van der Waals surface area contributed by atoms with Gasteiger partial charge in [-0.2, -0.15) is 0 Å². The molecule has 3 N–H and O–H groups in total. The summed E-state index contributed by atoms with van der Waals surface area (Å²) in [5.74, 6) is -0.126. The molecule has 0 heterocycles. The summed E-state index contributed by atoms with van der Waals surface area (Å²) in [6, 6.07) is 17.0. The Morgan fingerprint density at radius 3 is 2.40 bits per heavy atom. The van der Waals surface area contributed by atoms with Crippen LogP contribution in [0.3, 0.4) is 0 Å². The van der Waals surface area contributed by atoms with Gasteiger partial charge in [-0.05, 0) is 24.6 Å². The van der Waals surface area contributed by atoms with Gasteiger partial charge in [0.1, 0.15) is 0 Å². The second kappa shape index (κ2) is 6.52. The highest BCUT2D eigenvalue weighted by Crippen LogP contribution is 2.03. The molecule has 0 bridgehead atoms. The van der Waals surface area contributed by atoms with Crippen LogP contribution < -0.4 is 11.1 Å². The second-order valence-electron chi connectivity index (χ2n) is 4.51. The second-order valence-corrected chi connectivity index (χ2v) is 4.51. The highest BCUT2D eigenvalue weighted by atomic mass is 16.1. The van der Waals surface area contributed by atoms with Crippen molar-refractivity contribution < 1.29 is 4.79 Å². The monoisotopic (exact) mass is 267 g/mol. The van der Waals surface area contributed by atoms with Gasteiger partial charge >= 0.3 is 0 Å². The quantitative estimate of drug-likeness (QED) is 0.661. The van der Waals surface area contributed by atoms with Crippen LogP contribution in [0.15, 0.2) is 59.6 Å². The maximum Gasteiger partial charge on any atom is 0.257 e. The van der Waals surface area contributed by atoms with Gasteiger partial charge in [0.15, 0.2) is 5.96 Å². The van der Waals surface area contributed by atoms with Crippen molar-refractivity contribution in [2.45, 2.75) is 13.5 Å². The minimum absolute atomic E-state index is 0.124. The Morgan fingerprint density at radius 1 is 1.10 bits per heavy atom. The Balaban J connectivity index is 1.95. The molecular formula is C16H17N3O. The zero-order chi connectivity index (χ0) is 14.4. The van der Waals surface area contributed by atoms with Crippen molar-refractivity contribution in [1.29, 1.82) is 0 Å². The molecule has 2 aromatic carbocycles. The number of rotatable bonds is 3. The van der Waals surface area contributed by atoms with Crippen LogP contribution in [0.2, 0.25) is 0 Å². The van der Waals surface area contributed by atoms with E-state index in [2.05, 4.69) is 10.3 Å². The van der Waals surface area contributed by atoms with Crippen molar-refractivity contribution in [2.24, 2.45) is 10.7 Å². The smallest absolute Gasteiger partial charge is 0.257 e. The van der Waals surface area contributed by atoms with Crippen LogP contribution >= 0.6 is 0 Å². The van der Waals surface area contributed by atoms with E-state index in [-0.39, 0.29) is 11.9 Å². The molecule has 102 valence electrons. The largest absolute Gasteiger partial charge is 0.370 e. The number of amides is 1. The minimum Gasteiger partial charge on any atom is -0.370 e. The molecule has 1 amide bonds. The number of guanidine groups is 1. The normalized spacial score (nSPS) is 11.2. The van der Waals surface area contributed by atoms with E-state index in [0.717, 1.165) is 11.1 Å². The molecule has 0 saturated carbocycles. The summed E-state index contributed by atoms with van der Waals surface area (Å²) in [7, 11) is 0. The Bertz CT molecular complexity index is 603. The first-order valence-electron chi connectivity index (χ1n) is 6.37. The van der Waals surface area contributed by atoms with Gasteiger partial charge in [-0.25, -0.2) is 4.99 Å². The first-order valence-corrected chi connectivity index (χ1v) is 6.37. The van der Waals surface area contributed by atoms with Gasteiger partial charge in [0.05, 0.1) is 6.54 Å². The van der Waals surface area contributed by atoms with E-state index in [1.54, 1.807) is 12.1 Å². The molecule has 4 nitrogen and oxygen atoms in total. The summed E-state index contributed by atoms with van der Waals surface area (Å²) in [5.41, 5.74) is 8.42. The average Bonchev–Trinajstić information content (AvgIpc) is 2.47. The molecule has 0 aromatic heterocycles. The van der Waals surface area contributed by atoms with Crippen molar-refractivity contribution in [3.8, 4) is 0 Å². The molecular weight excluding hydrogens is 250 g/mol. The van der Waals surface area contributed by atoms with E-state index in [0.29, 0.717) is 12.1 Å². The number of hydrogen-bond donors (Lipinski definition) is 2. The molecule has 0 aliphatic heterocycles. The third-order valence-corrected chi connectivity index (χ3v) is 2.83. The zero-order valence-electron chi connectivity index (χ0n) is 11.3. The summed E-state index contributed by atoms with van der Waals surface area (Å²) < 4.78 is 0. The Labute approximate surface area is 118 Å². The third-order valence-electron chi connectivity index (χ3n) is 2.83. The lowest BCUT2D eigenvalue weighted by Gasteiger charge is -2.05.